The Morgan fingerprint density at radius 3 is 2.14 bits per heavy atom. The molecule has 38 valence electrons. The van der Waals surface area contributed by atoms with Crippen LogP contribution in [0.5, 0.6) is 0 Å². The summed E-state index contributed by atoms with van der Waals surface area (Å²) >= 11 is 0. The van der Waals surface area contributed by atoms with Gasteiger partial charge >= 0.3 is 0 Å². The average molecular weight is 95.1 g/mol. The lowest BCUT2D eigenvalue weighted by Gasteiger charge is -2.24. The highest BCUT2D eigenvalue weighted by atomic mass is 14.8. The molecule has 0 aromatic carbocycles. The zero-order valence-corrected chi connectivity index (χ0v) is 4.57. The van der Waals surface area contributed by atoms with Gasteiger partial charge in [0.15, 0.2) is 0 Å². The molecule has 1 saturated carbocycles. The Kier molecular flexibility index (Phi) is 0.815. The molecule has 1 nitrogen and oxygen atoms in total. The lowest BCUT2D eigenvalue weighted by Crippen LogP contribution is -2.28. The molecule has 0 aromatic rings. The summed E-state index contributed by atoms with van der Waals surface area (Å²) in [4.78, 5) is 3.48. The molecule has 1 rings (SSSR count). The summed E-state index contributed by atoms with van der Waals surface area (Å²) in [5.41, 5.74) is 0.0556. The molecule has 0 aromatic heterocycles. The minimum Gasteiger partial charge on any atom is -0.311 e. The lowest BCUT2D eigenvalue weighted by atomic mass is 9.79. The highest BCUT2D eigenvalue weighted by Crippen LogP contribution is 2.34. The molecular weight excluding hydrogens is 86.1 g/mol. The average Bonchev–Trinajstić information content (AvgIpc) is 1.61. The van der Waals surface area contributed by atoms with Crippen LogP contribution in [0.2, 0.25) is 0 Å². The van der Waals surface area contributed by atoms with Gasteiger partial charge in [0.1, 0.15) is 0 Å². The minimum absolute atomic E-state index is 0.0556. The summed E-state index contributed by atoms with van der Waals surface area (Å²) in [7, 11) is 0. The van der Waals surface area contributed by atoms with Crippen LogP contribution in [-0.2, 0) is 0 Å². The quantitative estimate of drug-likeness (QED) is 0.404. The van der Waals surface area contributed by atoms with Gasteiger partial charge in [0.05, 0.1) is 0 Å². The van der Waals surface area contributed by atoms with Crippen LogP contribution in [0.1, 0.15) is 26.2 Å². The van der Waals surface area contributed by atoms with Gasteiger partial charge in [-0.1, -0.05) is 0 Å². The summed E-state index contributed by atoms with van der Waals surface area (Å²) in [6, 6.07) is 0. The van der Waals surface area contributed by atoms with Crippen molar-refractivity contribution >= 4 is 0 Å². The van der Waals surface area contributed by atoms with Crippen molar-refractivity contribution in [1.29, 1.82) is 0 Å². The molecule has 0 aliphatic heterocycles. The molecule has 0 bridgehead atoms. The first-order valence-corrected chi connectivity index (χ1v) is 2.65. The van der Waals surface area contributed by atoms with E-state index in [4.69, 9.17) is 6.57 Å². The van der Waals surface area contributed by atoms with E-state index in [1.807, 2.05) is 6.92 Å². The summed E-state index contributed by atoms with van der Waals surface area (Å²) in [6.45, 7) is 8.71. The maximum absolute atomic E-state index is 6.68. The van der Waals surface area contributed by atoms with Crippen molar-refractivity contribution in [3.8, 4) is 0 Å². The maximum Gasteiger partial charge on any atom is 0.229 e. The Morgan fingerprint density at radius 1 is 1.57 bits per heavy atom. The lowest BCUT2D eigenvalue weighted by molar-refractivity contribution is 0.332. The monoisotopic (exact) mass is 95.1 g/mol. The number of hydrogen-bond donors (Lipinski definition) is 0. The van der Waals surface area contributed by atoms with Crippen molar-refractivity contribution < 1.29 is 0 Å². The van der Waals surface area contributed by atoms with E-state index in [1.165, 1.54) is 6.42 Å². The van der Waals surface area contributed by atoms with Crippen molar-refractivity contribution in [2.45, 2.75) is 31.7 Å². The summed E-state index contributed by atoms with van der Waals surface area (Å²) in [5.74, 6) is 0. The Balaban J connectivity index is 2.48. The fraction of sp³-hybridized carbons (Fsp3) is 0.833. The van der Waals surface area contributed by atoms with Gasteiger partial charge in [-0.3, -0.25) is 0 Å². The SMILES string of the molecule is [C-]#[N+]C1(C)CCC1. The number of rotatable bonds is 0. The smallest absolute Gasteiger partial charge is 0.229 e. The summed E-state index contributed by atoms with van der Waals surface area (Å²) < 4.78 is 0. The Labute approximate surface area is 44.2 Å². The van der Waals surface area contributed by atoms with Crippen molar-refractivity contribution in [2.24, 2.45) is 0 Å². The molecule has 0 unspecified atom stereocenters. The molecule has 0 amide bonds. The van der Waals surface area contributed by atoms with Gasteiger partial charge in [-0.05, 0) is 6.42 Å². The number of hydrogen-bond acceptors (Lipinski definition) is 0. The second kappa shape index (κ2) is 1.23. The van der Waals surface area contributed by atoms with Crippen LogP contribution in [0.25, 0.3) is 4.85 Å². The van der Waals surface area contributed by atoms with Crippen LogP contribution in [0.15, 0.2) is 0 Å². The largest absolute Gasteiger partial charge is 0.311 e. The predicted octanol–water partition coefficient (Wildman–Crippen LogP) is 1.85. The first kappa shape index (κ1) is 4.64. The van der Waals surface area contributed by atoms with Gasteiger partial charge in [-0.2, -0.15) is 0 Å². The molecule has 0 radical (unpaired) electrons. The van der Waals surface area contributed by atoms with Gasteiger partial charge in [-0.15, -0.1) is 0 Å². The van der Waals surface area contributed by atoms with Gasteiger partial charge in [0.2, 0.25) is 5.54 Å². The molecule has 0 atom stereocenters. The normalized spacial score (nSPS) is 25.1. The van der Waals surface area contributed by atoms with E-state index in [0.717, 1.165) is 12.8 Å². The van der Waals surface area contributed by atoms with Gasteiger partial charge < -0.3 is 4.85 Å². The van der Waals surface area contributed by atoms with Crippen LogP contribution in [-0.4, -0.2) is 5.54 Å². The van der Waals surface area contributed by atoms with Crippen LogP contribution in [0.4, 0.5) is 0 Å². The van der Waals surface area contributed by atoms with Crippen molar-refractivity contribution in [3.05, 3.63) is 11.4 Å². The first-order chi connectivity index (χ1) is 3.27. The molecule has 1 aliphatic rings. The Morgan fingerprint density at radius 2 is 2.14 bits per heavy atom. The zero-order chi connectivity index (χ0) is 5.33. The molecule has 1 aliphatic carbocycles. The van der Waals surface area contributed by atoms with E-state index in [1.54, 1.807) is 0 Å². The van der Waals surface area contributed by atoms with Crippen LogP contribution in [0.3, 0.4) is 0 Å². The first-order valence-electron chi connectivity index (χ1n) is 2.65. The van der Waals surface area contributed by atoms with Crippen molar-refractivity contribution in [2.75, 3.05) is 0 Å². The highest BCUT2D eigenvalue weighted by molar-refractivity contribution is 5.00. The molecule has 0 spiro atoms. The third-order valence-corrected chi connectivity index (χ3v) is 1.70. The van der Waals surface area contributed by atoms with Crippen LogP contribution < -0.4 is 0 Å². The van der Waals surface area contributed by atoms with Crippen molar-refractivity contribution in [1.82, 2.24) is 0 Å². The number of nitrogens with zero attached hydrogens (tertiary/aromatic N) is 1. The highest BCUT2D eigenvalue weighted by Gasteiger charge is 2.37. The molecule has 0 heterocycles. The van der Waals surface area contributed by atoms with E-state index < -0.39 is 0 Å². The molecular formula is C6H9N. The standard InChI is InChI=1S/C6H9N/c1-6(7-2)4-3-5-6/h3-5H2,1H3. The molecule has 7 heavy (non-hydrogen) atoms. The van der Waals surface area contributed by atoms with Crippen LogP contribution >= 0.6 is 0 Å². The van der Waals surface area contributed by atoms with E-state index in [0.29, 0.717) is 0 Å². The fourth-order valence-electron chi connectivity index (χ4n) is 0.800. The van der Waals surface area contributed by atoms with E-state index in [-0.39, 0.29) is 5.54 Å². The van der Waals surface area contributed by atoms with E-state index >= 15 is 0 Å². The summed E-state index contributed by atoms with van der Waals surface area (Å²) in [5, 5.41) is 0. The Hall–Kier alpha value is -0.510. The van der Waals surface area contributed by atoms with Gasteiger partial charge in [0.25, 0.3) is 0 Å². The van der Waals surface area contributed by atoms with E-state index in [2.05, 4.69) is 4.85 Å². The second-order valence-electron chi connectivity index (χ2n) is 2.46. The van der Waals surface area contributed by atoms with E-state index in [9.17, 15) is 0 Å². The Bertz CT molecular complexity index is 106. The topological polar surface area (TPSA) is 4.36 Å². The van der Waals surface area contributed by atoms with Gasteiger partial charge in [0, 0.05) is 19.8 Å². The predicted molar refractivity (Wildman–Crippen MR) is 28.9 cm³/mol. The minimum atomic E-state index is 0.0556. The maximum atomic E-state index is 6.68. The molecule has 1 heteroatoms. The summed E-state index contributed by atoms with van der Waals surface area (Å²) in [6.07, 6.45) is 3.51. The zero-order valence-electron chi connectivity index (χ0n) is 4.57. The third kappa shape index (κ3) is 0.608. The third-order valence-electron chi connectivity index (χ3n) is 1.70. The fourth-order valence-corrected chi connectivity index (χ4v) is 0.800. The second-order valence-corrected chi connectivity index (χ2v) is 2.46. The molecule has 1 fully saturated rings. The molecule has 0 N–H and O–H groups in total. The van der Waals surface area contributed by atoms with Crippen molar-refractivity contribution in [3.63, 3.8) is 0 Å². The van der Waals surface area contributed by atoms with Crippen LogP contribution in [0, 0.1) is 6.57 Å². The molecule has 0 saturated heterocycles. The van der Waals surface area contributed by atoms with Gasteiger partial charge in [-0.25, -0.2) is 6.57 Å².